The number of alkyl halides is 3. The summed E-state index contributed by atoms with van der Waals surface area (Å²) in [6, 6.07) is 6.27. The summed E-state index contributed by atoms with van der Waals surface area (Å²) in [6.07, 6.45) is -0.512. The van der Waals surface area contributed by atoms with Gasteiger partial charge in [0.2, 0.25) is 6.79 Å². The van der Waals surface area contributed by atoms with Crippen LogP contribution >= 0.6 is 0 Å². The van der Waals surface area contributed by atoms with E-state index in [1.807, 2.05) is 6.07 Å². The van der Waals surface area contributed by atoms with E-state index in [1.54, 1.807) is 7.11 Å². The van der Waals surface area contributed by atoms with Crippen molar-refractivity contribution in [2.75, 3.05) is 40.2 Å². The van der Waals surface area contributed by atoms with Crippen LogP contribution in [0.4, 0.5) is 13.2 Å². The molecule has 0 amide bonds. The highest BCUT2D eigenvalue weighted by Gasteiger charge is 2.45. The number of carboxylic acid groups (broad SMARTS) is 1. The second-order valence-corrected chi connectivity index (χ2v) is 7.95. The van der Waals surface area contributed by atoms with E-state index in [0.717, 1.165) is 63.6 Å². The van der Waals surface area contributed by atoms with Crippen LogP contribution in [-0.2, 0) is 20.8 Å². The number of halogens is 3. The maximum atomic E-state index is 10.6. The highest BCUT2D eigenvalue weighted by Crippen LogP contribution is 2.42. The summed E-state index contributed by atoms with van der Waals surface area (Å²) in [5.41, 5.74) is 1.39. The van der Waals surface area contributed by atoms with E-state index in [1.165, 1.54) is 12.0 Å². The molecular formula is C21H28F3NO6. The van der Waals surface area contributed by atoms with Gasteiger partial charge in [0.25, 0.3) is 0 Å². The van der Waals surface area contributed by atoms with Gasteiger partial charge in [-0.25, -0.2) is 4.79 Å². The summed E-state index contributed by atoms with van der Waals surface area (Å²) in [7, 11) is 1.79. The van der Waals surface area contributed by atoms with Crippen molar-refractivity contribution in [2.45, 2.75) is 44.0 Å². The lowest BCUT2D eigenvalue weighted by Gasteiger charge is -2.42. The van der Waals surface area contributed by atoms with Gasteiger partial charge in [0.05, 0.1) is 5.60 Å². The van der Waals surface area contributed by atoms with Gasteiger partial charge in [-0.3, -0.25) is 4.90 Å². The molecule has 4 rings (SSSR count). The van der Waals surface area contributed by atoms with Crippen molar-refractivity contribution in [3.05, 3.63) is 23.8 Å². The molecule has 1 aromatic rings. The second-order valence-electron chi connectivity index (χ2n) is 7.95. The van der Waals surface area contributed by atoms with Crippen molar-refractivity contribution >= 4 is 5.97 Å². The molecule has 1 unspecified atom stereocenters. The Kier molecular flexibility index (Phi) is 7.66. The van der Waals surface area contributed by atoms with Crippen LogP contribution in [0.3, 0.4) is 0 Å². The number of carbonyl (C=O) groups is 1. The Morgan fingerprint density at radius 3 is 2.58 bits per heavy atom. The van der Waals surface area contributed by atoms with Gasteiger partial charge in [-0.2, -0.15) is 13.2 Å². The Hall–Kier alpha value is -2.04. The third-order valence-corrected chi connectivity index (χ3v) is 6.06. The summed E-state index contributed by atoms with van der Waals surface area (Å²) in [5.74, 6) is -0.367. The molecule has 0 aromatic heterocycles. The molecule has 1 atom stereocenters. The molecule has 2 fully saturated rings. The van der Waals surface area contributed by atoms with Crippen molar-refractivity contribution < 1.29 is 42.0 Å². The van der Waals surface area contributed by atoms with Crippen LogP contribution in [0.15, 0.2) is 18.2 Å². The van der Waals surface area contributed by atoms with E-state index in [0.29, 0.717) is 12.7 Å². The van der Waals surface area contributed by atoms with E-state index < -0.39 is 12.1 Å². The molecule has 3 aliphatic heterocycles. The van der Waals surface area contributed by atoms with Crippen LogP contribution in [-0.4, -0.2) is 68.0 Å². The first-order valence-corrected chi connectivity index (χ1v) is 10.3. The van der Waals surface area contributed by atoms with Gasteiger partial charge in [-0.15, -0.1) is 0 Å². The van der Waals surface area contributed by atoms with E-state index in [4.69, 9.17) is 28.8 Å². The molecule has 0 bridgehead atoms. The number of rotatable bonds is 5. The Morgan fingerprint density at radius 2 is 1.94 bits per heavy atom. The van der Waals surface area contributed by atoms with E-state index >= 15 is 0 Å². The van der Waals surface area contributed by atoms with Crippen molar-refractivity contribution in [2.24, 2.45) is 5.92 Å². The third kappa shape index (κ3) is 6.02. The number of piperidine rings is 1. The number of aliphatic carboxylic acids is 1. The van der Waals surface area contributed by atoms with Crippen LogP contribution in [0.2, 0.25) is 0 Å². The van der Waals surface area contributed by atoms with Crippen LogP contribution < -0.4 is 9.47 Å². The van der Waals surface area contributed by atoms with Crippen molar-refractivity contribution in [1.29, 1.82) is 0 Å². The lowest BCUT2D eigenvalue weighted by Crippen LogP contribution is -2.47. The molecule has 31 heavy (non-hydrogen) atoms. The number of carboxylic acids is 1. The molecule has 1 N–H and O–H groups in total. The molecule has 174 valence electrons. The largest absolute Gasteiger partial charge is 0.490 e. The summed E-state index contributed by atoms with van der Waals surface area (Å²) < 4.78 is 54.1. The van der Waals surface area contributed by atoms with Gasteiger partial charge in [0.15, 0.2) is 11.5 Å². The average molecular weight is 447 g/mol. The van der Waals surface area contributed by atoms with Gasteiger partial charge >= 0.3 is 12.1 Å². The molecule has 1 spiro atoms. The van der Waals surface area contributed by atoms with E-state index in [9.17, 15) is 13.2 Å². The van der Waals surface area contributed by atoms with Crippen LogP contribution in [0.1, 0.15) is 31.2 Å². The molecule has 3 aliphatic rings. The minimum Gasteiger partial charge on any atom is -0.475 e. The molecule has 10 heteroatoms. The topological polar surface area (TPSA) is 77.5 Å². The molecule has 0 saturated carbocycles. The highest BCUT2D eigenvalue weighted by atomic mass is 19.4. The van der Waals surface area contributed by atoms with Gasteiger partial charge in [-0.05, 0) is 49.3 Å². The minimum atomic E-state index is -5.08. The number of fused-ring (bicyclic) bond motifs is 1. The average Bonchev–Trinajstić information content (AvgIpc) is 3.34. The van der Waals surface area contributed by atoms with Crippen LogP contribution in [0.5, 0.6) is 11.5 Å². The zero-order chi connectivity index (χ0) is 22.5. The van der Waals surface area contributed by atoms with Gasteiger partial charge < -0.3 is 24.1 Å². The first kappa shape index (κ1) is 23.6. The zero-order valence-electron chi connectivity index (χ0n) is 17.5. The number of benzene rings is 1. The maximum absolute atomic E-state index is 10.6. The third-order valence-electron chi connectivity index (χ3n) is 6.06. The Bertz CT molecular complexity index is 749. The minimum absolute atomic E-state index is 0.101. The fraction of sp³-hybridized carbons (Fsp3) is 0.667. The quantitative estimate of drug-likeness (QED) is 0.741. The first-order chi connectivity index (χ1) is 14.7. The van der Waals surface area contributed by atoms with Crippen LogP contribution in [0, 0.1) is 5.92 Å². The smallest absolute Gasteiger partial charge is 0.475 e. The number of likely N-dealkylation sites (tertiary alicyclic amines) is 1. The van der Waals surface area contributed by atoms with Crippen molar-refractivity contribution in [1.82, 2.24) is 4.90 Å². The fourth-order valence-corrected chi connectivity index (χ4v) is 4.39. The Morgan fingerprint density at radius 1 is 1.26 bits per heavy atom. The van der Waals surface area contributed by atoms with Crippen LogP contribution in [0.25, 0.3) is 0 Å². The molecule has 1 aromatic carbocycles. The van der Waals surface area contributed by atoms with E-state index in [2.05, 4.69) is 17.0 Å². The molecule has 7 nitrogen and oxygen atoms in total. The number of hydrogen-bond donors (Lipinski definition) is 1. The first-order valence-electron chi connectivity index (χ1n) is 10.3. The number of methoxy groups -OCH3 is 1. The molecule has 2 saturated heterocycles. The number of hydrogen-bond acceptors (Lipinski definition) is 6. The highest BCUT2D eigenvalue weighted by molar-refractivity contribution is 5.73. The summed E-state index contributed by atoms with van der Waals surface area (Å²) >= 11 is 0. The normalized spacial score (nSPS) is 22.3. The predicted molar refractivity (Wildman–Crippen MR) is 104 cm³/mol. The van der Waals surface area contributed by atoms with Gasteiger partial charge in [0.1, 0.15) is 0 Å². The van der Waals surface area contributed by atoms with Crippen molar-refractivity contribution in [3.8, 4) is 11.5 Å². The zero-order valence-corrected chi connectivity index (χ0v) is 17.5. The lowest BCUT2D eigenvalue weighted by atomic mass is 9.78. The Balaban J connectivity index is 0.000000339. The molecule has 0 radical (unpaired) electrons. The SMILES string of the molecule is COCCC1CCOC12CCN(Cc1ccc3c(c1)OCO3)CC2.O=C(O)C(F)(F)F. The lowest BCUT2D eigenvalue weighted by molar-refractivity contribution is -0.192. The fourth-order valence-electron chi connectivity index (χ4n) is 4.39. The number of nitrogens with zero attached hydrogens (tertiary/aromatic N) is 1. The summed E-state index contributed by atoms with van der Waals surface area (Å²) in [5, 5.41) is 7.12. The monoisotopic (exact) mass is 447 g/mol. The Labute approximate surface area is 179 Å². The molecule has 3 heterocycles. The molecule has 0 aliphatic carbocycles. The second kappa shape index (κ2) is 10.1. The maximum Gasteiger partial charge on any atom is 0.490 e. The standard InChI is InChI=1S/C19H27NO4.C2HF3O2/c1-21-10-4-16-5-11-24-19(16)6-8-20(9-7-19)13-15-2-3-17-18(12-15)23-14-22-17;3-2(4,5)1(6)7/h2-3,12,16H,4-11,13-14H2,1H3;(H,6,7). The van der Waals surface area contributed by atoms with E-state index in [-0.39, 0.29) is 5.60 Å². The van der Waals surface area contributed by atoms with Gasteiger partial charge in [-0.1, -0.05) is 6.07 Å². The van der Waals surface area contributed by atoms with Crippen molar-refractivity contribution in [3.63, 3.8) is 0 Å². The summed E-state index contributed by atoms with van der Waals surface area (Å²) in [4.78, 5) is 11.4. The molecular weight excluding hydrogens is 419 g/mol. The summed E-state index contributed by atoms with van der Waals surface area (Å²) in [6.45, 7) is 5.25. The predicted octanol–water partition coefficient (Wildman–Crippen LogP) is 3.46. The van der Waals surface area contributed by atoms with Gasteiger partial charge in [0, 0.05) is 40.0 Å². The number of ether oxygens (including phenoxy) is 4.